The molecule has 0 unspecified atom stereocenters. The van der Waals surface area contributed by atoms with E-state index in [9.17, 15) is 0 Å². The summed E-state index contributed by atoms with van der Waals surface area (Å²) in [5.74, 6) is 1.38. The van der Waals surface area contributed by atoms with Crippen molar-refractivity contribution in [3.63, 3.8) is 0 Å². The molecule has 2 atom stereocenters. The van der Waals surface area contributed by atoms with Crippen LogP contribution in [0.4, 0.5) is 0 Å². The van der Waals surface area contributed by atoms with Crippen molar-refractivity contribution in [1.82, 2.24) is 34.9 Å². The standard InChI is InChI=1S/C18H23N7O/c1-23(2)15-11-24(12-16(15)25-9-8-19-22-25)13-17-20-18(26-21-17)10-14-6-4-3-5-7-14/h3-9,15-16H,10-13H2,1-2H3/t15-,16+/m1/s1. The summed E-state index contributed by atoms with van der Waals surface area (Å²) in [5.41, 5.74) is 1.17. The number of hydrogen-bond donors (Lipinski definition) is 0. The minimum Gasteiger partial charge on any atom is -0.339 e. The smallest absolute Gasteiger partial charge is 0.231 e. The zero-order valence-corrected chi connectivity index (χ0v) is 15.1. The first-order valence-electron chi connectivity index (χ1n) is 8.79. The third-order valence-electron chi connectivity index (χ3n) is 4.85. The summed E-state index contributed by atoms with van der Waals surface area (Å²) in [6, 6.07) is 10.8. The van der Waals surface area contributed by atoms with Crippen LogP contribution in [0.5, 0.6) is 0 Å². The van der Waals surface area contributed by atoms with Gasteiger partial charge in [0.1, 0.15) is 0 Å². The molecule has 4 rings (SSSR count). The Morgan fingerprint density at radius 3 is 2.77 bits per heavy atom. The van der Waals surface area contributed by atoms with Crippen molar-refractivity contribution in [3.8, 4) is 0 Å². The molecule has 0 amide bonds. The Morgan fingerprint density at radius 2 is 2.04 bits per heavy atom. The Kier molecular flexibility index (Phi) is 4.77. The van der Waals surface area contributed by atoms with Crippen LogP contribution in [0.15, 0.2) is 47.2 Å². The molecule has 2 aromatic heterocycles. The number of benzene rings is 1. The molecule has 0 spiro atoms. The molecule has 3 aromatic rings. The number of aromatic nitrogens is 5. The van der Waals surface area contributed by atoms with Gasteiger partial charge < -0.3 is 9.42 Å². The third-order valence-corrected chi connectivity index (χ3v) is 4.85. The summed E-state index contributed by atoms with van der Waals surface area (Å²) in [6.45, 7) is 2.49. The number of hydrogen-bond acceptors (Lipinski definition) is 7. The second kappa shape index (κ2) is 7.35. The molecule has 136 valence electrons. The normalized spacial score (nSPS) is 20.9. The lowest BCUT2D eigenvalue weighted by atomic mass is 10.1. The maximum atomic E-state index is 5.43. The van der Waals surface area contributed by atoms with E-state index >= 15 is 0 Å². The van der Waals surface area contributed by atoms with Crippen molar-refractivity contribution in [2.45, 2.75) is 25.0 Å². The molecular weight excluding hydrogens is 330 g/mol. The van der Waals surface area contributed by atoms with E-state index in [0.717, 1.165) is 18.9 Å². The van der Waals surface area contributed by atoms with Crippen molar-refractivity contribution < 1.29 is 4.52 Å². The van der Waals surface area contributed by atoms with E-state index in [1.165, 1.54) is 5.56 Å². The molecule has 1 fully saturated rings. The number of likely N-dealkylation sites (tertiary alicyclic amines) is 1. The van der Waals surface area contributed by atoms with Gasteiger partial charge in [0.05, 0.1) is 25.2 Å². The Morgan fingerprint density at radius 1 is 1.19 bits per heavy atom. The lowest BCUT2D eigenvalue weighted by Crippen LogP contribution is -2.36. The van der Waals surface area contributed by atoms with Crippen LogP contribution in [-0.2, 0) is 13.0 Å². The summed E-state index contributed by atoms with van der Waals surface area (Å²) < 4.78 is 7.37. The second-order valence-corrected chi connectivity index (χ2v) is 6.94. The highest BCUT2D eigenvalue weighted by atomic mass is 16.5. The van der Waals surface area contributed by atoms with Crippen LogP contribution in [0.25, 0.3) is 0 Å². The fraction of sp³-hybridized carbons (Fsp3) is 0.444. The molecule has 1 aliphatic rings. The Balaban J connectivity index is 1.41. The van der Waals surface area contributed by atoms with Crippen molar-refractivity contribution in [2.24, 2.45) is 0 Å². The van der Waals surface area contributed by atoms with Crippen LogP contribution < -0.4 is 0 Å². The van der Waals surface area contributed by atoms with Gasteiger partial charge in [0.15, 0.2) is 5.82 Å². The number of nitrogens with zero attached hydrogens (tertiary/aromatic N) is 7. The molecule has 1 saturated heterocycles. The lowest BCUT2D eigenvalue weighted by molar-refractivity contribution is 0.236. The van der Waals surface area contributed by atoms with Crippen molar-refractivity contribution >= 4 is 0 Å². The molecule has 0 radical (unpaired) electrons. The van der Waals surface area contributed by atoms with Crippen LogP contribution in [0, 0.1) is 0 Å². The second-order valence-electron chi connectivity index (χ2n) is 6.94. The zero-order valence-electron chi connectivity index (χ0n) is 15.1. The van der Waals surface area contributed by atoms with Gasteiger partial charge in [0.25, 0.3) is 0 Å². The summed E-state index contributed by atoms with van der Waals surface area (Å²) >= 11 is 0. The topological polar surface area (TPSA) is 76.1 Å². The quantitative estimate of drug-likeness (QED) is 0.660. The highest BCUT2D eigenvalue weighted by Crippen LogP contribution is 2.25. The molecular formula is C18H23N7O. The average molecular weight is 353 g/mol. The molecule has 1 aliphatic heterocycles. The van der Waals surface area contributed by atoms with E-state index in [0.29, 0.717) is 24.9 Å². The maximum Gasteiger partial charge on any atom is 0.231 e. The Bertz CT molecular complexity index is 815. The first-order chi connectivity index (χ1) is 12.7. The van der Waals surface area contributed by atoms with Gasteiger partial charge in [-0.1, -0.05) is 40.7 Å². The lowest BCUT2D eigenvalue weighted by Gasteiger charge is -2.24. The number of rotatable bonds is 6. The fourth-order valence-electron chi connectivity index (χ4n) is 3.53. The van der Waals surface area contributed by atoms with E-state index in [4.69, 9.17) is 4.52 Å². The summed E-state index contributed by atoms with van der Waals surface area (Å²) in [7, 11) is 4.20. The third kappa shape index (κ3) is 3.66. The Hall–Kier alpha value is -2.58. The van der Waals surface area contributed by atoms with Gasteiger partial charge in [-0.2, -0.15) is 4.98 Å². The maximum absolute atomic E-state index is 5.43. The average Bonchev–Trinajstić information content (AvgIpc) is 3.36. The highest BCUT2D eigenvalue weighted by molar-refractivity contribution is 5.17. The van der Waals surface area contributed by atoms with Gasteiger partial charge in [-0.3, -0.25) is 4.90 Å². The van der Waals surface area contributed by atoms with Crippen LogP contribution in [-0.4, -0.2) is 68.2 Å². The van der Waals surface area contributed by atoms with E-state index in [1.807, 2.05) is 29.1 Å². The van der Waals surface area contributed by atoms with E-state index in [-0.39, 0.29) is 6.04 Å². The van der Waals surface area contributed by atoms with E-state index < -0.39 is 0 Å². The van der Waals surface area contributed by atoms with Crippen LogP contribution in [0.3, 0.4) is 0 Å². The first-order valence-corrected chi connectivity index (χ1v) is 8.79. The summed E-state index contributed by atoms with van der Waals surface area (Å²) in [6.07, 6.45) is 4.32. The monoisotopic (exact) mass is 353 g/mol. The number of likely N-dealkylation sites (N-methyl/N-ethyl adjacent to an activating group) is 1. The molecule has 8 heteroatoms. The van der Waals surface area contributed by atoms with Gasteiger partial charge in [0.2, 0.25) is 5.89 Å². The largest absolute Gasteiger partial charge is 0.339 e. The summed E-state index contributed by atoms with van der Waals surface area (Å²) in [5, 5.41) is 12.3. The molecule has 1 aromatic carbocycles. The SMILES string of the molecule is CN(C)[C@@H]1CN(Cc2noc(Cc3ccccc3)n2)C[C@@H]1n1ccnn1. The Labute approximate surface area is 152 Å². The molecule has 26 heavy (non-hydrogen) atoms. The molecule has 0 bridgehead atoms. The fourth-order valence-corrected chi connectivity index (χ4v) is 3.53. The van der Waals surface area contributed by atoms with Crippen LogP contribution >= 0.6 is 0 Å². The molecule has 8 nitrogen and oxygen atoms in total. The van der Waals surface area contributed by atoms with Crippen molar-refractivity contribution in [2.75, 3.05) is 27.2 Å². The van der Waals surface area contributed by atoms with E-state index in [2.05, 4.69) is 56.5 Å². The molecule has 0 saturated carbocycles. The molecule has 0 aliphatic carbocycles. The zero-order chi connectivity index (χ0) is 17.9. The predicted octanol–water partition coefficient (Wildman–Crippen LogP) is 1.24. The van der Waals surface area contributed by atoms with Gasteiger partial charge >= 0.3 is 0 Å². The van der Waals surface area contributed by atoms with Crippen molar-refractivity contribution in [1.29, 1.82) is 0 Å². The van der Waals surface area contributed by atoms with Gasteiger partial charge in [-0.15, -0.1) is 5.10 Å². The van der Waals surface area contributed by atoms with E-state index in [1.54, 1.807) is 6.20 Å². The summed E-state index contributed by atoms with van der Waals surface area (Å²) in [4.78, 5) is 9.14. The van der Waals surface area contributed by atoms with Gasteiger partial charge in [-0.05, 0) is 19.7 Å². The van der Waals surface area contributed by atoms with Crippen LogP contribution in [0.1, 0.15) is 23.3 Å². The van der Waals surface area contributed by atoms with Crippen molar-refractivity contribution in [3.05, 3.63) is 60.0 Å². The van der Waals surface area contributed by atoms with Gasteiger partial charge in [-0.25, -0.2) is 4.68 Å². The highest BCUT2D eigenvalue weighted by Gasteiger charge is 2.36. The predicted molar refractivity (Wildman–Crippen MR) is 95.4 cm³/mol. The van der Waals surface area contributed by atoms with Crippen LogP contribution in [0.2, 0.25) is 0 Å². The van der Waals surface area contributed by atoms with Gasteiger partial charge in [0, 0.05) is 25.3 Å². The molecule has 3 heterocycles. The molecule has 0 N–H and O–H groups in total. The minimum atomic E-state index is 0.267. The minimum absolute atomic E-state index is 0.267. The first kappa shape index (κ1) is 16.9.